The quantitative estimate of drug-likeness (QED) is 0.904. The van der Waals surface area contributed by atoms with Crippen LogP contribution in [0.25, 0.3) is 0 Å². The van der Waals surface area contributed by atoms with Crippen LogP contribution in [0, 0.1) is 18.8 Å². The molecule has 2 aliphatic rings. The summed E-state index contributed by atoms with van der Waals surface area (Å²) >= 11 is 0. The second-order valence-corrected chi connectivity index (χ2v) is 6.25. The van der Waals surface area contributed by atoms with Gasteiger partial charge in [0.25, 0.3) is 0 Å². The molecule has 1 amide bonds. The molecule has 2 aliphatic heterocycles. The average molecular weight is 304 g/mol. The first-order chi connectivity index (χ1) is 10.7. The Morgan fingerprint density at radius 1 is 1.36 bits per heavy atom. The van der Waals surface area contributed by atoms with Crippen molar-refractivity contribution in [2.45, 2.75) is 26.2 Å². The van der Waals surface area contributed by atoms with Crippen LogP contribution in [0.15, 0.2) is 12.4 Å². The molecule has 6 nitrogen and oxygen atoms in total. The van der Waals surface area contributed by atoms with Gasteiger partial charge in [-0.25, -0.2) is 4.98 Å². The summed E-state index contributed by atoms with van der Waals surface area (Å²) in [5.41, 5.74) is 0.950. The minimum absolute atomic E-state index is 0.0580. The van der Waals surface area contributed by atoms with Crippen LogP contribution in [-0.2, 0) is 9.53 Å². The van der Waals surface area contributed by atoms with E-state index >= 15 is 0 Å². The third kappa shape index (κ3) is 3.74. The molecule has 0 saturated carbocycles. The van der Waals surface area contributed by atoms with Crippen molar-refractivity contribution >= 4 is 11.7 Å². The van der Waals surface area contributed by atoms with Gasteiger partial charge >= 0.3 is 0 Å². The molecular formula is C16H24N4O2. The number of aryl methyl sites for hydroxylation is 1. The first-order valence-electron chi connectivity index (χ1n) is 8.11. The second kappa shape index (κ2) is 7.05. The molecule has 3 rings (SSSR count). The van der Waals surface area contributed by atoms with Gasteiger partial charge in [-0.2, -0.15) is 0 Å². The van der Waals surface area contributed by atoms with Crippen LogP contribution in [0.5, 0.6) is 0 Å². The first kappa shape index (κ1) is 15.2. The normalized spacial score (nSPS) is 22.8. The Bertz CT molecular complexity index is 509. The highest BCUT2D eigenvalue weighted by Gasteiger charge is 2.25. The third-order valence-electron chi connectivity index (χ3n) is 4.55. The zero-order chi connectivity index (χ0) is 15.4. The number of amides is 1. The maximum Gasteiger partial charge on any atom is 0.225 e. The molecule has 0 spiro atoms. The second-order valence-electron chi connectivity index (χ2n) is 6.25. The van der Waals surface area contributed by atoms with E-state index in [1.807, 2.05) is 13.1 Å². The highest BCUT2D eigenvalue weighted by atomic mass is 16.5. The lowest BCUT2D eigenvalue weighted by Gasteiger charge is -2.32. The summed E-state index contributed by atoms with van der Waals surface area (Å²) in [6.45, 7) is 5.99. The van der Waals surface area contributed by atoms with Crippen LogP contribution >= 0.6 is 0 Å². The highest BCUT2D eigenvalue weighted by Crippen LogP contribution is 2.21. The van der Waals surface area contributed by atoms with Crippen LogP contribution in [0.1, 0.15) is 25.0 Å². The highest BCUT2D eigenvalue weighted by molar-refractivity contribution is 5.78. The molecule has 3 heterocycles. The molecule has 0 radical (unpaired) electrons. The fraction of sp³-hybridized carbons (Fsp3) is 0.688. The summed E-state index contributed by atoms with van der Waals surface area (Å²) in [6.07, 6.45) is 6.62. The molecule has 120 valence electrons. The molecule has 6 heteroatoms. The number of nitrogens with zero attached hydrogens (tertiary/aromatic N) is 3. The Balaban J connectivity index is 1.43. The monoisotopic (exact) mass is 304 g/mol. The summed E-state index contributed by atoms with van der Waals surface area (Å²) in [7, 11) is 0. The standard InChI is InChI=1S/C16H24N4O2/c1-12-8-17-10-15(19-12)20-5-2-13(3-6-20)9-18-16(21)14-4-7-22-11-14/h8,10,13-14H,2-7,9,11H2,1H3,(H,18,21). The van der Waals surface area contributed by atoms with E-state index in [4.69, 9.17) is 4.74 Å². The number of aromatic nitrogens is 2. The number of anilines is 1. The van der Waals surface area contributed by atoms with Crippen molar-refractivity contribution in [2.75, 3.05) is 37.7 Å². The van der Waals surface area contributed by atoms with Crippen molar-refractivity contribution in [3.63, 3.8) is 0 Å². The van der Waals surface area contributed by atoms with Gasteiger partial charge in [0, 0.05) is 32.4 Å². The Labute approximate surface area is 131 Å². The van der Waals surface area contributed by atoms with E-state index in [1.54, 1.807) is 6.20 Å². The van der Waals surface area contributed by atoms with Gasteiger partial charge in [-0.1, -0.05) is 0 Å². The molecule has 1 atom stereocenters. The molecule has 0 aliphatic carbocycles. The smallest absolute Gasteiger partial charge is 0.225 e. The Kier molecular flexibility index (Phi) is 4.87. The van der Waals surface area contributed by atoms with Crippen LogP contribution in [0.3, 0.4) is 0 Å². The number of carbonyl (C=O) groups excluding carboxylic acids is 1. The van der Waals surface area contributed by atoms with E-state index in [-0.39, 0.29) is 11.8 Å². The lowest BCUT2D eigenvalue weighted by Crippen LogP contribution is -2.40. The van der Waals surface area contributed by atoms with Crippen molar-refractivity contribution in [2.24, 2.45) is 11.8 Å². The van der Waals surface area contributed by atoms with Crippen LogP contribution in [-0.4, -0.2) is 48.7 Å². The summed E-state index contributed by atoms with van der Waals surface area (Å²) < 4.78 is 5.26. The first-order valence-corrected chi connectivity index (χ1v) is 8.11. The van der Waals surface area contributed by atoms with Gasteiger partial charge in [0.1, 0.15) is 5.82 Å². The number of rotatable bonds is 4. The molecule has 0 aromatic carbocycles. The summed E-state index contributed by atoms with van der Waals surface area (Å²) in [5, 5.41) is 3.09. The summed E-state index contributed by atoms with van der Waals surface area (Å²) in [6, 6.07) is 0. The van der Waals surface area contributed by atoms with Crippen molar-refractivity contribution in [1.82, 2.24) is 15.3 Å². The largest absolute Gasteiger partial charge is 0.381 e. The minimum atomic E-state index is 0.0580. The maximum atomic E-state index is 12.0. The van der Waals surface area contributed by atoms with Crippen LogP contribution in [0.2, 0.25) is 0 Å². The number of hydrogen-bond acceptors (Lipinski definition) is 5. The van der Waals surface area contributed by atoms with Gasteiger partial charge < -0.3 is 15.0 Å². The Hall–Kier alpha value is -1.69. The number of nitrogens with one attached hydrogen (secondary N) is 1. The molecule has 1 N–H and O–H groups in total. The van der Waals surface area contributed by atoms with Gasteiger partial charge in [-0.15, -0.1) is 0 Å². The van der Waals surface area contributed by atoms with Gasteiger partial charge in [0.2, 0.25) is 5.91 Å². The lowest BCUT2D eigenvalue weighted by molar-refractivity contribution is -0.125. The van der Waals surface area contributed by atoms with E-state index in [1.165, 1.54) is 0 Å². The number of ether oxygens (including phenoxy) is 1. The Morgan fingerprint density at radius 2 is 2.18 bits per heavy atom. The zero-order valence-electron chi connectivity index (χ0n) is 13.1. The molecule has 1 unspecified atom stereocenters. The van der Waals surface area contributed by atoms with E-state index in [0.29, 0.717) is 19.1 Å². The van der Waals surface area contributed by atoms with E-state index in [2.05, 4.69) is 20.2 Å². The fourth-order valence-corrected chi connectivity index (χ4v) is 3.10. The zero-order valence-corrected chi connectivity index (χ0v) is 13.1. The molecule has 2 fully saturated rings. The SMILES string of the molecule is Cc1cncc(N2CCC(CNC(=O)C3CCOC3)CC2)n1. The number of piperidine rings is 1. The number of carbonyl (C=O) groups is 1. The third-order valence-corrected chi connectivity index (χ3v) is 4.55. The minimum Gasteiger partial charge on any atom is -0.381 e. The average Bonchev–Trinajstić information content (AvgIpc) is 3.08. The van der Waals surface area contributed by atoms with Gasteiger partial charge in [0.05, 0.1) is 24.4 Å². The van der Waals surface area contributed by atoms with Gasteiger partial charge in [-0.3, -0.25) is 9.78 Å². The van der Waals surface area contributed by atoms with E-state index in [9.17, 15) is 4.79 Å². The fourth-order valence-electron chi connectivity index (χ4n) is 3.10. The predicted molar refractivity (Wildman–Crippen MR) is 83.6 cm³/mol. The summed E-state index contributed by atoms with van der Waals surface area (Å²) in [4.78, 5) is 23.0. The topological polar surface area (TPSA) is 67.4 Å². The number of hydrogen-bond donors (Lipinski definition) is 1. The molecule has 0 bridgehead atoms. The van der Waals surface area contributed by atoms with E-state index < -0.39 is 0 Å². The van der Waals surface area contributed by atoms with Crippen molar-refractivity contribution in [1.29, 1.82) is 0 Å². The lowest BCUT2D eigenvalue weighted by atomic mass is 9.96. The van der Waals surface area contributed by atoms with Gasteiger partial charge in [0.15, 0.2) is 0 Å². The van der Waals surface area contributed by atoms with Crippen LogP contribution in [0.4, 0.5) is 5.82 Å². The molecule has 22 heavy (non-hydrogen) atoms. The molecular weight excluding hydrogens is 280 g/mol. The maximum absolute atomic E-state index is 12.0. The predicted octanol–water partition coefficient (Wildman–Crippen LogP) is 1.15. The molecule has 2 saturated heterocycles. The van der Waals surface area contributed by atoms with Crippen molar-refractivity contribution in [3.05, 3.63) is 18.1 Å². The van der Waals surface area contributed by atoms with E-state index in [0.717, 1.165) is 50.4 Å². The Morgan fingerprint density at radius 3 is 2.86 bits per heavy atom. The molecule has 1 aromatic heterocycles. The van der Waals surface area contributed by atoms with Gasteiger partial charge in [-0.05, 0) is 32.1 Å². The summed E-state index contributed by atoms with van der Waals surface area (Å²) in [5.74, 6) is 1.73. The van der Waals surface area contributed by atoms with Crippen molar-refractivity contribution < 1.29 is 9.53 Å². The van der Waals surface area contributed by atoms with Crippen LogP contribution < -0.4 is 10.2 Å². The molecule has 1 aromatic rings. The van der Waals surface area contributed by atoms with Crippen molar-refractivity contribution in [3.8, 4) is 0 Å².